The summed E-state index contributed by atoms with van der Waals surface area (Å²) in [7, 11) is 1.48. The minimum absolute atomic E-state index is 0.306. The van der Waals surface area contributed by atoms with E-state index >= 15 is 0 Å². The number of rotatable bonds is 4. The van der Waals surface area contributed by atoms with Crippen molar-refractivity contribution in [3.63, 3.8) is 0 Å². The van der Waals surface area contributed by atoms with Crippen LogP contribution in [0.1, 0.15) is 0 Å². The number of ether oxygens (including phenoxy) is 1. The Morgan fingerprint density at radius 1 is 1.17 bits per heavy atom. The van der Waals surface area contributed by atoms with Crippen LogP contribution in [0.4, 0.5) is 21.7 Å². The third kappa shape index (κ3) is 2.46. The van der Waals surface area contributed by atoms with Gasteiger partial charge in [-0.25, -0.2) is 20.2 Å². The minimum atomic E-state index is -0.306. The Kier molecular flexibility index (Phi) is 3.54. The van der Waals surface area contributed by atoms with Gasteiger partial charge in [0.2, 0.25) is 5.75 Å². The molecule has 0 bridgehead atoms. The Labute approximate surface area is 103 Å². The summed E-state index contributed by atoms with van der Waals surface area (Å²) in [6.07, 6.45) is 1.34. The molecule has 4 N–H and O–H groups in total. The molecule has 94 valence electrons. The normalized spacial score (nSPS) is 9.94. The van der Waals surface area contributed by atoms with Gasteiger partial charge in [-0.05, 0) is 24.3 Å². The summed E-state index contributed by atoms with van der Waals surface area (Å²) in [5, 5.41) is 2.99. The number of benzene rings is 1. The van der Waals surface area contributed by atoms with Crippen LogP contribution in [0.15, 0.2) is 30.6 Å². The Morgan fingerprint density at radius 3 is 2.44 bits per heavy atom. The largest absolute Gasteiger partial charge is 0.490 e. The third-order valence-corrected chi connectivity index (χ3v) is 2.25. The minimum Gasteiger partial charge on any atom is -0.490 e. The van der Waals surface area contributed by atoms with Gasteiger partial charge in [-0.15, -0.1) is 0 Å². The third-order valence-electron chi connectivity index (χ3n) is 2.25. The van der Waals surface area contributed by atoms with Crippen LogP contribution in [0.3, 0.4) is 0 Å². The number of hydrazine groups is 1. The molecule has 0 saturated carbocycles. The quantitative estimate of drug-likeness (QED) is 0.564. The molecule has 0 amide bonds. The zero-order valence-corrected chi connectivity index (χ0v) is 9.64. The molecule has 1 heterocycles. The van der Waals surface area contributed by atoms with E-state index in [0.29, 0.717) is 23.1 Å². The Morgan fingerprint density at radius 2 is 1.83 bits per heavy atom. The van der Waals surface area contributed by atoms with Gasteiger partial charge in [0.05, 0.1) is 7.11 Å². The van der Waals surface area contributed by atoms with Crippen LogP contribution < -0.4 is 21.3 Å². The Hall–Kier alpha value is -2.41. The maximum Gasteiger partial charge on any atom is 0.205 e. The van der Waals surface area contributed by atoms with Crippen LogP contribution in [0.25, 0.3) is 0 Å². The summed E-state index contributed by atoms with van der Waals surface area (Å²) in [6.45, 7) is 0. The molecule has 0 aliphatic carbocycles. The molecule has 0 fully saturated rings. The first-order chi connectivity index (χ1) is 8.74. The summed E-state index contributed by atoms with van der Waals surface area (Å²) in [4.78, 5) is 7.95. The molecule has 2 aromatic rings. The van der Waals surface area contributed by atoms with Gasteiger partial charge in [-0.3, -0.25) is 0 Å². The maximum atomic E-state index is 12.8. The molecule has 0 saturated heterocycles. The average Bonchev–Trinajstić information content (AvgIpc) is 2.41. The lowest BCUT2D eigenvalue weighted by Crippen LogP contribution is -2.11. The number of methoxy groups -OCH3 is 1. The van der Waals surface area contributed by atoms with E-state index in [4.69, 9.17) is 10.6 Å². The maximum absolute atomic E-state index is 12.8. The number of halogens is 1. The van der Waals surface area contributed by atoms with Crippen molar-refractivity contribution in [2.45, 2.75) is 0 Å². The van der Waals surface area contributed by atoms with Crippen LogP contribution in [0, 0.1) is 5.82 Å². The van der Waals surface area contributed by atoms with Crippen molar-refractivity contribution >= 4 is 17.3 Å². The fraction of sp³-hybridized carbons (Fsp3) is 0.0909. The Bertz CT molecular complexity index is 531. The molecule has 1 aromatic carbocycles. The van der Waals surface area contributed by atoms with E-state index in [0.717, 1.165) is 0 Å². The van der Waals surface area contributed by atoms with E-state index < -0.39 is 0 Å². The van der Waals surface area contributed by atoms with E-state index in [-0.39, 0.29) is 5.82 Å². The van der Waals surface area contributed by atoms with Gasteiger partial charge >= 0.3 is 0 Å². The predicted octanol–water partition coefficient (Wildman–Crippen LogP) is 1.65. The monoisotopic (exact) mass is 249 g/mol. The van der Waals surface area contributed by atoms with E-state index in [9.17, 15) is 4.39 Å². The number of nitrogens with one attached hydrogen (secondary N) is 2. The van der Waals surface area contributed by atoms with Gasteiger partial charge in [-0.1, -0.05) is 0 Å². The molecular weight excluding hydrogens is 237 g/mol. The van der Waals surface area contributed by atoms with Crippen LogP contribution in [-0.2, 0) is 0 Å². The first kappa shape index (κ1) is 12.1. The van der Waals surface area contributed by atoms with Gasteiger partial charge in [0.25, 0.3) is 0 Å². The second kappa shape index (κ2) is 5.28. The summed E-state index contributed by atoms with van der Waals surface area (Å²) in [5.74, 6) is 6.18. The smallest absolute Gasteiger partial charge is 0.205 e. The zero-order valence-electron chi connectivity index (χ0n) is 9.64. The standard InChI is InChI=1S/C11H12FN5O/c1-18-9-10(14-6-15-11(9)17-13)16-8-4-2-7(12)3-5-8/h2-6H,13H2,1H3,(H2,14,15,16,17). The lowest BCUT2D eigenvalue weighted by molar-refractivity contribution is 0.415. The van der Waals surface area contributed by atoms with Crippen molar-refractivity contribution in [2.24, 2.45) is 5.84 Å². The zero-order chi connectivity index (χ0) is 13.0. The highest BCUT2D eigenvalue weighted by Gasteiger charge is 2.11. The Balaban J connectivity index is 2.31. The van der Waals surface area contributed by atoms with Crippen molar-refractivity contribution in [3.05, 3.63) is 36.4 Å². The van der Waals surface area contributed by atoms with Crippen molar-refractivity contribution in [1.82, 2.24) is 9.97 Å². The summed E-state index contributed by atoms with van der Waals surface area (Å²) < 4.78 is 17.9. The molecular formula is C11H12FN5O. The molecule has 2 rings (SSSR count). The predicted molar refractivity (Wildman–Crippen MR) is 66.1 cm³/mol. The molecule has 0 aliphatic heterocycles. The molecule has 0 unspecified atom stereocenters. The highest BCUT2D eigenvalue weighted by Crippen LogP contribution is 2.30. The highest BCUT2D eigenvalue weighted by atomic mass is 19.1. The van der Waals surface area contributed by atoms with Crippen LogP contribution in [0.5, 0.6) is 5.75 Å². The fourth-order valence-electron chi connectivity index (χ4n) is 1.43. The molecule has 6 nitrogen and oxygen atoms in total. The van der Waals surface area contributed by atoms with E-state index in [1.165, 1.54) is 25.6 Å². The molecule has 7 heteroatoms. The first-order valence-electron chi connectivity index (χ1n) is 5.13. The number of aromatic nitrogens is 2. The van der Waals surface area contributed by atoms with Gasteiger partial charge < -0.3 is 15.5 Å². The van der Waals surface area contributed by atoms with E-state index in [1.807, 2.05) is 0 Å². The number of hydrogen-bond acceptors (Lipinski definition) is 6. The molecule has 1 aromatic heterocycles. The lowest BCUT2D eigenvalue weighted by Gasteiger charge is -2.12. The number of nitrogens with two attached hydrogens (primary N) is 1. The van der Waals surface area contributed by atoms with E-state index in [1.54, 1.807) is 12.1 Å². The van der Waals surface area contributed by atoms with Gasteiger partial charge in [0, 0.05) is 5.69 Å². The fourth-order valence-corrected chi connectivity index (χ4v) is 1.43. The van der Waals surface area contributed by atoms with Crippen molar-refractivity contribution in [1.29, 1.82) is 0 Å². The highest BCUT2D eigenvalue weighted by molar-refractivity contribution is 5.68. The summed E-state index contributed by atoms with van der Waals surface area (Å²) in [6, 6.07) is 5.87. The summed E-state index contributed by atoms with van der Waals surface area (Å²) in [5.41, 5.74) is 3.08. The summed E-state index contributed by atoms with van der Waals surface area (Å²) >= 11 is 0. The van der Waals surface area contributed by atoms with E-state index in [2.05, 4.69) is 20.7 Å². The van der Waals surface area contributed by atoms with Crippen LogP contribution >= 0.6 is 0 Å². The first-order valence-corrected chi connectivity index (χ1v) is 5.13. The molecule has 18 heavy (non-hydrogen) atoms. The average molecular weight is 249 g/mol. The number of anilines is 3. The van der Waals surface area contributed by atoms with Crippen molar-refractivity contribution in [3.8, 4) is 5.75 Å². The number of hydrogen-bond donors (Lipinski definition) is 3. The van der Waals surface area contributed by atoms with Gasteiger partial charge in [-0.2, -0.15) is 0 Å². The van der Waals surface area contributed by atoms with Gasteiger partial charge in [0.1, 0.15) is 12.1 Å². The second-order valence-corrected chi connectivity index (χ2v) is 3.38. The topological polar surface area (TPSA) is 85.1 Å². The molecule has 0 atom stereocenters. The number of nitrogen functional groups attached to an aromatic ring is 1. The number of nitrogens with zero attached hydrogens (tertiary/aromatic N) is 2. The molecule has 0 radical (unpaired) electrons. The van der Waals surface area contributed by atoms with Crippen molar-refractivity contribution < 1.29 is 9.13 Å². The van der Waals surface area contributed by atoms with Crippen LogP contribution in [-0.4, -0.2) is 17.1 Å². The van der Waals surface area contributed by atoms with Gasteiger partial charge in [0.15, 0.2) is 11.6 Å². The second-order valence-electron chi connectivity index (χ2n) is 3.38. The molecule has 0 aliphatic rings. The lowest BCUT2D eigenvalue weighted by atomic mass is 10.3. The van der Waals surface area contributed by atoms with Crippen molar-refractivity contribution in [2.75, 3.05) is 17.9 Å². The van der Waals surface area contributed by atoms with Crippen LogP contribution in [0.2, 0.25) is 0 Å². The molecule has 0 spiro atoms. The SMILES string of the molecule is COc1c(NN)ncnc1Nc1ccc(F)cc1.